The van der Waals surface area contributed by atoms with Gasteiger partial charge in [0.15, 0.2) is 0 Å². The summed E-state index contributed by atoms with van der Waals surface area (Å²) in [6, 6.07) is 15.0. The first-order valence-corrected chi connectivity index (χ1v) is 9.71. The number of imidazole rings is 1. The van der Waals surface area contributed by atoms with E-state index in [-0.39, 0.29) is 17.7 Å². The number of rotatable bonds is 7. The van der Waals surface area contributed by atoms with Gasteiger partial charge < -0.3 is 15.2 Å². The molecule has 28 heavy (non-hydrogen) atoms. The van der Waals surface area contributed by atoms with E-state index < -0.39 is 0 Å². The van der Waals surface area contributed by atoms with Crippen LogP contribution in [0.25, 0.3) is 11.0 Å². The van der Waals surface area contributed by atoms with Gasteiger partial charge in [-0.3, -0.25) is 9.59 Å². The Kier molecular flexibility index (Phi) is 5.10. The van der Waals surface area contributed by atoms with Gasteiger partial charge in [0.1, 0.15) is 0 Å². The molecular weight excluding hydrogens is 352 g/mol. The van der Waals surface area contributed by atoms with Crippen molar-refractivity contribution in [3.8, 4) is 0 Å². The van der Waals surface area contributed by atoms with E-state index in [9.17, 15) is 9.59 Å². The quantitative estimate of drug-likeness (QED) is 0.620. The normalized spacial score (nSPS) is 18.0. The van der Waals surface area contributed by atoms with Crippen LogP contribution in [0.5, 0.6) is 0 Å². The van der Waals surface area contributed by atoms with Gasteiger partial charge in [0.05, 0.1) is 17.4 Å². The summed E-state index contributed by atoms with van der Waals surface area (Å²) in [5.41, 5.74) is 3.40. The van der Waals surface area contributed by atoms with Gasteiger partial charge in [-0.15, -0.1) is 0 Å². The van der Waals surface area contributed by atoms with Crippen molar-refractivity contribution >= 4 is 28.5 Å². The number of amides is 2. The molecule has 1 aromatic heterocycles. The Hall–Kier alpha value is -3.15. The monoisotopic (exact) mass is 376 g/mol. The number of carbonyl (C=O) groups is 2. The van der Waals surface area contributed by atoms with Gasteiger partial charge in [0.2, 0.25) is 5.91 Å². The van der Waals surface area contributed by atoms with Gasteiger partial charge >= 0.3 is 0 Å². The lowest BCUT2D eigenvalue weighted by Crippen LogP contribution is -2.25. The fourth-order valence-electron chi connectivity index (χ4n) is 3.37. The van der Waals surface area contributed by atoms with Crippen molar-refractivity contribution in [2.75, 3.05) is 11.9 Å². The third-order valence-electron chi connectivity index (χ3n) is 5.25. The Morgan fingerprint density at radius 3 is 2.64 bits per heavy atom. The number of aromatic nitrogens is 2. The highest BCUT2D eigenvalue weighted by atomic mass is 16.2. The molecule has 3 aromatic rings. The van der Waals surface area contributed by atoms with E-state index in [1.807, 2.05) is 30.6 Å². The number of aryl methyl sites for hydroxylation is 1. The number of nitrogens with one attached hydrogen (secondary N) is 2. The molecule has 1 aliphatic rings. The van der Waals surface area contributed by atoms with E-state index in [4.69, 9.17) is 0 Å². The SMILES string of the molecule is CC1CC1C(=O)Nc1ccc(C(=O)NCCCn2cnc3ccccc32)cc1. The van der Waals surface area contributed by atoms with Crippen LogP contribution in [0, 0.1) is 11.8 Å². The van der Waals surface area contributed by atoms with Crippen LogP contribution in [0.4, 0.5) is 5.69 Å². The van der Waals surface area contributed by atoms with Crippen molar-refractivity contribution in [3.63, 3.8) is 0 Å². The Morgan fingerprint density at radius 1 is 1.14 bits per heavy atom. The molecule has 0 radical (unpaired) electrons. The first-order valence-electron chi connectivity index (χ1n) is 9.71. The van der Waals surface area contributed by atoms with Crippen molar-refractivity contribution in [2.45, 2.75) is 26.3 Å². The van der Waals surface area contributed by atoms with Crippen molar-refractivity contribution in [1.29, 1.82) is 0 Å². The maximum atomic E-state index is 12.3. The molecule has 0 bridgehead atoms. The smallest absolute Gasteiger partial charge is 0.251 e. The van der Waals surface area contributed by atoms with E-state index in [1.165, 1.54) is 0 Å². The molecule has 2 atom stereocenters. The van der Waals surface area contributed by atoms with Crippen LogP contribution >= 0.6 is 0 Å². The molecule has 2 N–H and O–H groups in total. The largest absolute Gasteiger partial charge is 0.352 e. The van der Waals surface area contributed by atoms with E-state index >= 15 is 0 Å². The molecule has 1 heterocycles. The molecule has 1 saturated carbocycles. The maximum Gasteiger partial charge on any atom is 0.251 e. The summed E-state index contributed by atoms with van der Waals surface area (Å²) in [5, 5.41) is 5.85. The fraction of sp³-hybridized carbons (Fsp3) is 0.318. The summed E-state index contributed by atoms with van der Waals surface area (Å²) >= 11 is 0. The number of carbonyl (C=O) groups excluding carboxylic acids is 2. The van der Waals surface area contributed by atoms with Crippen molar-refractivity contribution < 1.29 is 9.59 Å². The minimum absolute atomic E-state index is 0.0664. The first-order chi connectivity index (χ1) is 13.6. The summed E-state index contributed by atoms with van der Waals surface area (Å²) in [7, 11) is 0. The number of hydrogen-bond donors (Lipinski definition) is 2. The van der Waals surface area contributed by atoms with E-state index in [1.54, 1.807) is 24.3 Å². The Balaban J connectivity index is 1.24. The highest BCUT2D eigenvalue weighted by Crippen LogP contribution is 2.38. The summed E-state index contributed by atoms with van der Waals surface area (Å²) < 4.78 is 2.10. The molecule has 4 rings (SSSR count). The zero-order chi connectivity index (χ0) is 19.5. The highest BCUT2D eigenvalue weighted by molar-refractivity contribution is 5.96. The minimum Gasteiger partial charge on any atom is -0.352 e. The van der Waals surface area contributed by atoms with Crippen LogP contribution in [0.1, 0.15) is 30.1 Å². The zero-order valence-corrected chi connectivity index (χ0v) is 15.9. The summed E-state index contributed by atoms with van der Waals surface area (Å²) in [4.78, 5) is 28.6. The Bertz CT molecular complexity index is 993. The molecule has 2 aromatic carbocycles. The average molecular weight is 376 g/mol. The number of hydrogen-bond acceptors (Lipinski definition) is 3. The topological polar surface area (TPSA) is 76.0 Å². The lowest BCUT2D eigenvalue weighted by molar-refractivity contribution is -0.117. The molecular formula is C22H24N4O2. The molecule has 0 saturated heterocycles. The molecule has 0 aliphatic heterocycles. The predicted molar refractivity (Wildman–Crippen MR) is 109 cm³/mol. The predicted octanol–water partition coefficient (Wildman–Crippen LogP) is 3.45. The van der Waals surface area contributed by atoms with Crippen LogP contribution in [0.3, 0.4) is 0 Å². The molecule has 1 aliphatic carbocycles. The zero-order valence-electron chi connectivity index (χ0n) is 15.9. The fourth-order valence-corrected chi connectivity index (χ4v) is 3.37. The van der Waals surface area contributed by atoms with Crippen LogP contribution in [-0.4, -0.2) is 27.9 Å². The lowest BCUT2D eigenvalue weighted by atomic mass is 10.2. The van der Waals surface area contributed by atoms with E-state index in [0.29, 0.717) is 18.0 Å². The number of nitrogens with zero attached hydrogens (tertiary/aromatic N) is 2. The van der Waals surface area contributed by atoms with Gasteiger partial charge in [-0.2, -0.15) is 0 Å². The number of benzene rings is 2. The Labute approximate surface area is 164 Å². The summed E-state index contributed by atoms with van der Waals surface area (Å²) in [5.74, 6) is 0.571. The van der Waals surface area contributed by atoms with Crippen LogP contribution in [0.15, 0.2) is 54.9 Å². The minimum atomic E-state index is -0.107. The molecule has 2 amide bonds. The number of anilines is 1. The maximum absolute atomic E-state index is 12.3. The molecule has 2 unspecified atom stereocenters. The van der Waals surface area contributed by atoms with Crippen molar-refractivity contribution in [2.24, 2.45) is 11.8 Å². The Morgan fingerprint density at radius 2 is 1.89 bits per heavy atom. The molecule has 1 fully saturated rings. The molecule has 144 valence electrons. The van der Waals surface area contributed by atoms with Gasteiger partial charge in [-0.25, -0.2) is 4.98 Å². The standard InChI is InChI=1S/C22H24N4O2/c1-15-13-18(15)22(28)25-17-9-7-16(8-10-17)21(27)23-11-4-12-26-14-24-19-5-2-3-6-20(19)26/h2-3,5-10,14-15,18H,4,11-13H2,1H3,(H,23,27)(H,25,28). The van der Waals surface area contributed by atoms with E-state index in [0.717, 1.165) is 36.1 Å². The van der Waals surface area contributed by atoms with Crippen LogP contribution in [-0.2, 0) is 11.3 Å². The van der Waals surface area contributed by atoms with Crippen LogP contribution < -0.4 is 10.6 Å². The second-order valence-electron chi connectivity index (χ2n) is 7.42. The average Bonchev–Trinajstić information content (AvgIpc) is 3.31. The van der Waals surface area contributed by atoms with E-state index in [2.05, 4.69) is 27.1 Å². The highest BCUT2D eigenvalue weighted by Gasteiger charge is 2.39. The summed E-state index contributed by atoms with van der Waals surface area (Å²) in [6.45, 7) is 3.46. The van der Waals surface area contributed by atoms with Crippen molar-refractivity contribution in [1.82, 2.24) is 14.9 Å². The molecule has 6 nitrogen and oxygen atoms in total. The number of para-hydroxylation sites is 2. The third-order valence-corrected chi connectivity index (χ3v) is 5.25. The van der Waals surface area contributed by atoms with Crippen molar-refractivity contribution in [3.05, 3.63) is 60.4 Å². The van der Waals surface area contributed by atoms with Crippen LogP contribution in [0.2, 0.25) is 0 Å². The lowest BCUT2D eigenvalue weighted by Gasteiger charge is -2.08. The first kappa shape index (κ1) is 18.2. The summed E-state index contributed by atoms with van der Waals surface area (Å²) in [6.07, 6.45) is 3.61. The third kappa shape index (κ3) is 4.06. The second-order valence-corrected chi connectivity index (χ2v) is 7.42. The number of fused-ring (bicyclic) bond motifs is 1. The van der Waals surface area contributed by atoms with Gasteiger partial charge in [0.25, 0.3) is 5.91 Å². The molecule has 6 heteroatoms. The van der Waals surface area contributed by atoms with Gasteiger partial charge in [-0.05, 0) is 55.2 Å². The second kappa shape index (κ2) is 7.84. The van der Waals surface area contributed by atoms with Gasteiger partial charge in [-0.1, -0.05) is 19.1 Å². The van der Waals surface area contributed by atoms with Gasteiger partial charge in [0, 0.05) is 30.3 Å². The molecule has 0 spiro atoms.